The molecule has 0 radical (unpaired) electrons. The lowest BCUT2D eigenvalue weighted by atomic mass is 10.2. The van der Waals surface area contributed by atoms with Crippen LogP contribution in [0, 0.1) is 6.92 Å². The van der Waals surface area contributed by atoms with Crippen LogP contribution in [0.5, 0.6) is 0 Å². The first-order valence-electron chi connectivity index (χ1n) is 10.9. The second-order valence-electron chi connectivity index (χ2n) is 7.61. The van der Waals surface area contributed by atoms with E-state index in [1.165, 1.54) is 5.69 Å². The molecule has 1 aromatic heterocycles. The van der Waals surface area contributed by atoms with Crippen LogP contribution in [0.15, 0.2) is 66.7 Å². The van der Waals surface area contributed by atoms with Crippen LogP contribution in [0.4, 0.5) is 11.4 Å². The number of hydrogen-bond acceptors (Lipinski definition) is 5. The largest absolute Gasteiger partial charge is 0.372 e. The lowest BCUT2D eigenvalue weighted by molar-refractivity contribution is 0.0977. The van der Waals surface area contributed by atoms with Crippen molar-refractivity contribution in [2.24, 2.45) is 0 Å². The monoisotopic (exact) mass is 458 g/mol. The molecule has 7 nitrogen and oxygen atoms in total. The summed E-state index contributed by atoms with van der Waals surface area (Å²) < 4.78 is 0. The van der Waals surface area contributed by atoms with Gasteiger partial charge < -0.3 is 10.2 Å². The average Bonchev–Trinajstić information content (AvgIpc) is 3.23. The highest BCUT2D eigenvalue weighted by Gasteiger charge is 2.12. The van der Waals surface area contributed by atoms with E-state index in [0.29, 0.717) is 5.56 Å². The van der Waals surface area contributed by atoms with E-state index in [1.807, 2.05) is 49.4 Å². The number of hydrogen-bond donors (Lipinski definition) is 2. The zero-order chi connectivity index (χ0) is 23.4. The van der Waals surface area contributed by atoms with Crippen molar-refractivity contribution in [3.8, 4) is 5.69 Å². The van der Waals surface area contributed by atoms with E-state index in [9.17, 15) is 4.79 Å². The van der Waals surface area contributed by atoms with Crippen molar-refractivity contribution in [3.05, 3.63) is 77.9 Å². The summed E-state index contributed by atoms with van der Waals surface area (Å²) in [6, 6.07) is 21.0. The van der Waals surface area contributed by atoms with Gasteiger partial charge in [-0.2, -0.15) is 4.80 Å². The fourth-order valence-corrected chi connectivity index (χ4v) is 3.82. The minimum atomic E-state index is -0.258. The number of anilines is 2. The summed E-state index contributed by atoms with van der Waals surface area (Å²) in [6.45, 7) is 8.17. The third-order valence-corrected chi connectivity index (χ3v) is 5.65. The number of fused-ring (bicyclic) bond motifs is 1. The summed E-state index contributed by atoms with van der Waals surface area (Å²) in [6.07, 6.45) is 0. The van der Waals surface area contributed by atoms with E-state index in [0.717, 1.165) is 41.1 Å². The van der Waals surface area contributed by atoms with Crippen LogP contribution in [0.25, 0.3) is 16.7 Å². The summed E-state index contributed by atoms with van der Waals surface area (Å²) in [7, 11) is 0. The van der Waals surface area contributed by atoms with E-state index in [2.05, 4.69) is 51.7 Å². The molecule has 0 bridgehead atoms. The van der Waals surface area contributed by atoms with Gasteiger partial charge in [0.2, 0.25) is 0 Å². The lowest BCUT2D eigenvalue weighted by Gasteiger charge is -2.20. The number of nitrogens with zero attached hydrogens (tertiary/aromatic N) is 4. The van der Waals surface area contributed by atoms with Crippen molar-refractivity contribution in [1.82, 2.24) is 20.3 Å². The Kier molecular flexibility index (Phi) is 6.65. The molecule has 2 N–H and O–H groups in total. The molecule has 1 amide bonds. The van der Waals surface area contributed by atoms with Crippen LogP contribution in [0.2, 0.25) is 0 Å². The molecule has 0 spiro atoms. The maximum atomic E-state index is 12.3. The highest BCUT2D eigenvalue weighted by atomic mass is 32.1. The minimum Gasteiger partial charge on any atom is -0.372 e. The van der Waals surface area contributed by atoms with Crippen LogP contribution in [0.3, 0.4) is 0 Å². The molecule has 0 atom stereocenters. The molecule has 0 saturated carbocycles. The molecule has 0 aliphatic heterocycles. The molecular formula is C25H26N6OS. The highest BCUT2D eigenvalue weighted by molar-refractivity contribution is 7.80. The van der Waals surface area contributed by atoms with E-state index < -0.39 is 0 Å². The first-order chi connectivity index (χ1) is 16.0. The molecule has 0 unspecified atom stereocenters. The van der Waals surface area contributed by atoms with Crippen molar-refractivity contribution in [1.29, 1.82) is 0 Å². The minimum absolute atomic E-state index is 0.227. The van der Waals surface area contributed by atoms with Crippen molar-refractivity contribution in [2.75, 3.05) is 23.3 Å². The summed E-state index contributed by atoms with van der Waals surface area (Å²) >= 11 is 5.34. The number of benzene rings is 3. The first kappa shape index (κ1) is 22.4. The number of aromatic nitrogens is 3. The first-order valence-corrected chi connectivity index (χ1v) is 11.3. The maximum Gasteiger partial charge on any atom is 0.257 e. The van der Waals surface area contributed by atoms with E-state index in [4.69, 9.17) is 12.2 Å². The van der Waals surface area contributed by atoms with Crippen molar-refractivity contribution in [2.45, 2.75) is 20.8 Å². The topological polar surface area (TPSA) is 75.1 Å². The summed E-state index contributed by atoms with van der Waals surface area (Å²) in [5, 5.41) is 15.3. The number of thiocarbonyl (C=S) groups is 1. The number of nitrogens with one attached hydrogen (secondary N) is 2. The van der Waals surface area contributed by atoms with E-state index in [-0.39, 0.29) is 11.0 Å². The Hall–Kier alpha value is -3.78. The standard InChI is InChI=1S/C25H26N6OS/c1-4-30(5-2)19-11-13-20(14-12-19)31-28-22-15-17(3)21(16-23(22)29-31)26-25(33)27-24(32)18-9-7-6-8-10-18/h6-16H,4-5H2,1-3H3,(H2,26,27,32,33). The summed E-state index contributed by atoms with van der Waals surface area (Å²) in [5.74, 6) is -0.258. The number of amides is 1. The maximum absolute atomic E-state index is 12.3. The third kappa shape index (κ3) is 5.01. The molecule has 3 aromatic carbocycles. The smallest absolute Gasteiger partial charge is 0.257 e. The number of carbonyl (C=O) groups excluding carboxylic acids is 1. The molecule has 1 heterocycles. The molecule has 0 fully saturated rings. The quantitative estimate of drug-likeness (QED) is 0.408. The van der Waals surface area contributed by atoms with Crippen LogP contribution in [-0.4, -0.2) is 39.1 Å². The Bertz CT molecular complexity index is 1280. The Morgan fingerprint density at radius 1 is 0.970 bits per heavy atom. The van der Waals surface area contributed by atoms with Gasteiger partial charge in [-0.25, -0.2) is 0 Å². The van der Waals surface area contributed by atoms with Gasteiger partial charge in [0, 0.05) is 30.0 Å². The molecule has 168 valence electrons. The van der Waals surface area contributed by atoms with Gasteiger partial charge in [0.15, 0.2) is 5.11 Å². The molecule has 33 heavy (non-hydrogen) atoms. The van der Waals surface area contributed by atoms with Crippen molar-refractivity contribution >= 4 is 45.6 Å². The van der Waals surface area contributed by atoms with Gasteiger partial charge in [-0.15, -0.1) is 10.2 Å². The highest BCUT2D eigenvalue weighted by Crippen LogP contribution is 2.23. The second kappa shape index (κ2) is 9.79. The van der Waals surface area contributed by atoms with Crippen LogP contribution >= 0.6 is 12.2 Å². The fourth-order valence-electron chi connectivity index (χ4n) is 3.62. The van der Waals surface area contributed by atoms with Crippen LogP contribution < -0.4 is 15.5 Å². The molecular weight excluding hydrogens is 432 g/mol. The predicted octanol–water partition coefficient (Wildman–Crippen LogP) is 4.70. The Labute approximate surface area is 198 Å². The van der Waals surface area contributed by atoms with Crippen LogP contribution in [-0.2, 0) is 0 Å². The Balaban J connectivity index is 1.52. The zero-order valence-electron chi connectivity index (χ0n) is 18.9. The van der Waals surface area contributed by atoms with Gasteiger partial charge in [0.05, 0.1) is 5.69 Å². The van der Waals surface area contributed by atoms with Gasteiger partial charge >= 0.3 is 0 Å². The Morgan fingerprint density at radius 2 is 1.61 bits per heavy atom. The third-order valence-electron chi connectivity index (χ3n) is 5.45. The SMILES string of the molecule is CCN(CC)c1ccc(-n2nc3cc(C)c(NC(=S)NC(=O)c4ccccc4)cc3n2)cc1. The number of rotatable bonds is 6. The molecule has 4 aromatic rings. The van der Waals surface area contributed by atoms with E-state index >= 15 is 0 Å². The number of aryl methyl sites for hydroxylation is 1. The molecule has 8 heteroatoms. The summed E-state index contributed by atoms with van der Waals surface area (Å²) in [5.41, 5.74) is 5.84. The van der Waals surface area contributed by atoms with Crippen molar-refractivity contribution < 1.29 is 4.79 Å². The molecule has 0 aliphatic rings. The van der Waals surface area contributed by atoms with Gasteiger partial charge in [-0.05, 0) is 87.1 Å². The zero-order valence-corrected chi connectivity index (χ0v) is 19.7. The predicted molar refractivity (Wildman–Crippen MR) is 137 cm³/mol. The van der Waals surface area contributed by atoms with Gasteiger partial charge in [0.1, 0.15) is 11.0 Å². The Morgan fingerprint density at radius 3 is 2.24 bits per heavy atom. The summed E-state index contributed by atoms with van der Waals surface area (Å²) in [4.78, 5) is 16.3. The normalized spacial score (nSPS) is 10.8. The van der Waals surface area contributed by atoms with Gasteiger partial charge in [0.25, 0.3) is 5.91 Å². The fraction of sp³-hybridized carbons (Fsp3) is 0.200. The number of carbonyl (C=O) groups is 1. The molecule has 0 aliphatic carbocycles. The molecule has 4 rings (SSSR count). The van der Waals surface area contributed by atoms with Gasteiger partial charge in [-0.1, -0.05) is 18.2 Å². The molecule has 0 saturated heterocycles. The van der Waals surface area contributed by atoms with E-state index in [1.54, 1.807) is 16.9 Å². The van der Waals surface area contributed by atoms with Crippen molar-refractivity contribution in [3.63, 3.8) is 0 Å². The van der Waals surface area contributed by atoms with Crippen LogP contribution in [0.1, 0.15) is 29.8 Å². The average molecular weight is 459 g/mol. The van der Waals surface area contributed by atoms with Gasteiger partial charge in [-0.3, -0.25) is 10.1 Å². The second-order valence-corrected chi connectivity index (χ2v) is 8.02. The lowest BCUT2D eigenvalue weighted by Crippen LogP contribution is -2.34.